The Bertz CT molecular complexity index is 160. The van der Waals surface area contributed by atoms with Crippen LogP contribution in [-0.4, -0.2) is 40.6 Å². The van der Waals surface area contributed by atoms with Crippen molar-refractivity contribution >= 4 is 35.5 Å². The van der Waals surface area contributed by atoms with Crippen molar-refractivity contribution in [2.24, 2.45) is 5.92 Å². The van der Waals surface area contributed by atoms with E-state index in [2.05, 4.69) is 13.8 Å². The normalized spacial score (nSPS) is 11.9. The minimum atomic E-state index is -0.684. The predicted octanol–water partition coefficient (Wildman–Crippen LogP) is 3.40. The van der Waals surface area contributed by atoms with Gasteiger partial charge in [-0.1, -0.05) is 58.8 Å². The van der Waals surface area contributed by atoms with E-state index < -0.39 is 5.97 Å². The van der Waals surface area contributed by atoms with Crippen LogP contribution in [-0.2, 0) is 4.79 Å². The summed E-state index contributed by atoms with van der Waals surface area (Å²) < 4.78 is 0. The van der Waals surface area contributed by atoms with E-state index in [9.17, 15) is 4.79 Å². The molecule has 0 fully saturated rings. The summed E-state index contributed by atoms with van der Waals surface area (Å²) in [4.78, 5) is 10.7. The van der Waals surface area contributed by atoms with E-state index in [4.69, 9.17) is 5.11 Å². The Morgan fingerprint density at radius 2 is 1.62 bits per heavy atom. The van der Waals surface area contributed by atoms with Crippen molar-refractivity contribution in [1.29, 1.82) is 0 Å². The molecule has 0 saturated heterocycles. The summed E-state index contributed by atoms with van der Waals surface area (Å²) in [6.45, 7) is 5.88. The number of carboxylic acids is 1. The predicted molar refractivity (Wildman–Crippen MR) is 70.9 cm³/mol. The molecule has 0 aromatic rings. The van der Waals surface area contributed by atoms with Gasteiger partial charge in [0.15, 0.2) is 0 Å². The molecule has 1 N–H and O–H groups in total. The fourth-order valence-electron chi connectivity index (χ4n) is 1.74. The monoisotopic (exact) mass is 237 g/mol. The number of carboxylic acid groups (broad SMARTS) is 1. The molecule has 1 atom stereocenters. The molecule has 91 valence electrons. The first-order valence-electron chi connectivity index (χ1n) is 6.24. The van der Waals surface area contributed by atoms with Crippen LogP contribution in [0.25, 0.3) is 0 Å². The summed E-state index contributed by atoms with van der Waals surface area (Å²) in [5.41, 5.74) is 0. The van der Waals surface area contributed by atoms with Crippen molar-refractivity contribution in [1.82, 2.24) is 0 Å². The van der Waals surface area contributed by atoms with E-state index in [0.29, 0.717) is 6.42 Å². The van der Waals surface area contributed by atoms with Gasteiger partial charge in [0.2, 0.25) is 0 Å². The molecule has 0 amide bonds. The second kappa shape index (κ2) is 13.5. The number of hydrogen-bond donors (Lipinski definition) is 1. The van der Waals surface area contributed by atoms with Gasteiger partial charge in [-0.15, -0.1) is 0 Å². The summed E-state index contributed by atoms with van der Waals surface area (Å²) in [5, 5.41) is 8.81. The Morgan fingerprint density at radius 3 is 2.06 bits per heavy atom. The summed E-state index contributed by atoms with van der Waals surface area (Å²) in [5.74, 6) is -0.906. The number of hydrogen-bond acceptors (Lipinski definition) is 1. The van der Waals surface area contributed by atoms with Gasteiger partial charge in [-0.05, 0) is 12.8 Å². The van der Waals surface area contributed by atoms with Crippen molar-refractivity contribution in [3.8, 4) is 0 Å². The molecule has 0 heterocycles. The fraction of sp³-hybridized carbons (Fsp3) is 0.846. The van der Waals surface area contributed by atoms with Gasteiger partial charge in [0.05, 0.1) is 5.92 Å². The van der Waals surface area contributed by atoms with Crippen LogP contribution in [0.15, 0.2) is 0 Å². The average Bonchev–Trinajstić information content (AvgIpc) is 2.21. The van der Waals surface area contributed by atoms with Crippen LogP contribution in [0.5, 0.6) is 0 Å². The van der Waals surface area contributed by atoms with E-state index in [1.807, 2.05) is 0 Å². The molecular formula is C13H26NaO2. The van der Waals surface area contributed by atoms with Crippen LogP contribution in [0.1, 0.15) is 64.7 Å². The number of unbranched alkanes of at least 4 members (excludes halogenated alkanes) is 6. The molecule has 0 aliphatic heterocycles. The number of carbonyl (C=O) groups is 1. The zero-order valence-electron chi connectivity index (χ0n) is 10.0. The average molecular weight is 237 g/mol. The van der Waals surface area contributed by atoms with Crippen LogP contribution >= 0.6 is 0 Å². The van der Waals surface area contributed by atoms with Gasteiger partial charge in [0, 0.05) is 0 Å². The van der Waals surface area contributed by atoms with Gasteiger partial charge in [-0.3, -0.25) is 4.79 Å². The quantitative estimate of drug-likeness (QED) is 0.467. The first-order chi connectivity index (χ1) is 7.22. The third-order valence-corrected chi connectivity index (χ3v) is 2.85. The molecule has 0 aliphatic rings. The summed E-state index contributed by atoms with van der Waals surface area (Å²) in [7, 11) is 0. The van der Waals surface area contributed by atoms with Crippen LogP contribution < -0.4 is 0 Å². The number of rotatable bonds is 10. The van der Waals surface area contributed by atoms with E-state index in [1.54, 1.807) is 0 Å². The van der Waals surface area contributed by atoms with Gasteiger partial charge >= 0.3 is 35.5 Å². The molecule has 0 rings (SSSR count). The van der Waals surface area contributed by atoms with E-state index >= 15 is 0 Å². The van der Waals surface area contributed by atoms with E-state index in [1.165, 1.54) is 38.5 Å². The summed E-state index contributed by atoms with van der Waals surface area (Å²) in [6.07, 6.45) is 10.0. The third-order valence-electron chi connectivity index (χ3n) is 2.85. The minimum absolute atomic E-state index is 0. The van der Waals surface area contributed by atoms with Gasteiger partial charge in [-0.2, -0.15) is 0 Å². The van der Waals surface area contributed by atoms with Crippen LogP contribution in [0, 0.1) is 12.8 Å². The topological polar surface area (TPSA) is 37.3 Å². The van der Waals surface area contributed by atoms with Crippen molar-refractivity contribution < 1.29 is 9.90 Å². The molecule has 0 spiro atoms. The zero-order valence-corrected chi connectivity index (χ0v) is 10.0. The van der Waals surface area contributed by atoms with Crippen LogP contribution in [0.4, 0.5) is 0 Å². The van der Waals surface area contributed by atoms with Gasteiger partial charge in [0.1, 0.15) is 0 Å². The van der Waals surface area contributed by atoms with Gasteiger partial charge in [0.25, 0.3) is 0 Å². The molecule has 1 unspecified atom stereocenters. The van der Waals surface area contributed by atoms with Crippen molar-refractivity contribution in [2.75, 3.05) is 0 Å². The van der Waals surface area contributed by atoms with Crippen molar-refractivity contribution in [2.45, 2.75) is 64.7 Å². The molecule has 0 saturated carbocycles. The Morgan fingerprint density at radius 1 is 1.12 bits per heavy atom. The van der Waals surface area contributed by atoms with Crippen molar-refractivity contribution in [3.63, 3.8) is 0 Å². The first kappa shape index (κ1) is 18.8. The standard InChI is InChI=1S/C13H25O2.Na.H/c1-3-5-6-7-8-9-10-11-12(4-2)13(14)15;;/h12H,2-11H2,1H3,(H,14,15);;. The second-order valence-corrected chi connectivity index (χ2v) is 4.23. The van der Waals surface area contributed by atoms with Crippen LogP contribution in [0.2, 0.25) is 0 Å². The summed E-state index contributed by atoms with van der Waals surface area (Å²) in [6, 6.07) is 0. The Balaban J connectivity index is 0. The first-order valence-corrected chi connectivity index (χ1v) is 6.24. The molecular weight excluding hydrogens is 211 g/mol. The third kappa shape index (κ3) is 11.0. The molecule has 2 nitrogen and oxygen atoms in total. The maximum atomic E-state index is 10.7. The van der Waals surface area contributed by atoms with E-state index in [0.717, 1.165) is 12.8 Å². The SMILES string of the molecule is [CH2]CC(CCCCCCCCC)C(=O)O.[NaH]. The van der Waals surface area contributed by atoms with Crippen molar-refractivity contribution in [3.05, 3.63) is 6.92 Å². The Labute approximate surface area is 122 Å². The molecule has 0 bridgehead atoms. The molecule has 0 aromatic carbocycles. The van der Waals surface area contributed by atoms with Gasteiger partial charge in [-0.25, -0.2) is 0 Å². The molecule has 3 heteroatoms. The Hall–Kier alpha value is 0.470. The second-order valence-electron chi connectivity index (χ2n) is 4.23. The Kier molecular flexibility index (Phi) is 15.9. The molecule has 1 radical (unpaired) electrons. The maximum absolute atomic E-state index is 10.7. The molecule has 16 heavy (non-hydrogen) atoms. The molecule has 0 aliphatic carbocycles. The fourth-order valence-corrected chi connectivity index (χ4v) is 1.74. The zero-order chi connectivity index (χ0) is 11.5. The van der Waals surface area contributed by atoms with E-state index in [-0.39, 0.29) is 35.5 Å². The number of aliphatic carboxylic acids is 1. The van der Waals surface area contributed by atoms with Crippen LogP contribution in [0.3, 0.4) is 0 Å². The summed E-state index contributed by atoms with van der Waals surface area (Å²) >= 11 is 0. The molecule has 0 aromatic heterocycles. The van der Waals surface area contributed by atoms with Gasteiger partial charge < -0.3 is 5.11 Å².